The van der Waals surface area contributed by atoms with Crippen LogP contribution in [0.5, 0.6) is 5.75 Å². The second-order valence-electron chi connectivity index (χ2n) is 9.57. The minimum Gasteiger partial charge on any atom is -0.508 e. The number of carbonyl (C=O) groups is 4. The Morgan fingerprint density at radius 3 is 2.31 bits per heavy atom. The van der Waals surface area contributed by atoms with Crippen molar-refractivity contribution in [3.63, 3.8) is 0 Å². The Morgan fingerprint density at radius 1 is 0.929 bits per heavy atom. The van der Waals surface area contributed by atoms with Crippen LogP contribution in [-0.4, -0.2) is 51.6 Å². The van der Waals surface area contributed by atoms with Crippen LogP contribution in [0.4, 0.5) is 5.69 Å². The van der Waals surface area contributed by atoms with Crippen molar-refractivity contribution in [1.29, 1.82) is 0 Å². The number of anilines is 1. The van der Waals surface area contributed by atoms with Crippen molar-refractivity contribution in [2.75, 3.05) is 11.9 Å². The van der Waals surface area contributed by atoms with Crippen LogP contribution in [0, 0.1) is 0 Å². The Hall–Kier alpha value is -4.45. The highest BCUT2D eigenvalue weighted by molar-refractivity contribution is 6.34. The summed E-state index contributed by atoms with van der Waals surface area (Å²) in [6, 6.07) is 16.1. The van der Waals surface area contributed by atoms with E-state index in [0.717, 1.165) is 0 Å². The van der Waals surface area contributed by atoms with Crippen molar-refractivity contribution in [2.45, 2.75) is 45.0 Å². The molecule has 3 aromatic carbocycles. The van der Waals surface area contributed by atoms with Crippen LogP contribution in [0.15, 0.2) is 66.7 Å². The van der Waals surface area contributed by atoms with Crippen molar-refractivity contribution < 1.29 is 34.5 Å². The molecule has 222 valence electrons. The Kier molecular flexibility index (Phi) is 11.9. The zero-order valence-corrected chi connectivity index (χ0v) is 23.6. The standard InChI is InChI=1S/C30H33ClN4O7/c1-18(36)34-22-11-8-20(9-12-22)27(38)32-14-3-2-7-26(30(41)42)35-29(40)24-13-10-21(16-25(24)31)28(39)33-17-19-5-4-6-23(37)15-19/h4-6,8-13,15-16,26-27,32,37-38H,2-3,7,14,17H2,1H3,(H,33,39)(H,34,36)(H,35,40)(H,41,42)/t26-,27?/m0/s1. The number of rotatable bonds is 14. The Bertz CT molecular complexity index is 1420. The number of phenolic OH excluding ortho intramolecular Hbond substituents is 1. The summed E-state index contributed by atoms with van der Waals surface area (Å²) in [7, 11) is 0. The van der Waals surface area contributed by atoms with Crippen LogP contribution in [-0.2, 0) is 16.1 Å². The molecular weight excluding hydrogens is 564 g/mol. The molecule has 12 heteroatoms. The van der Waals surface area contributed by atoms with Crippen molar-refractivity contribution in [2.24, 2.45) is 0 Å². The minimum atomic E-state index is -1.20. The van der Waals surface area contributed by atoms with Gasteiger partial charge in [-0.25, -0.2) is 4.79 Å². The molecular formula is C30H33ClN4O7. The van der Waals surface area contributed by atoms with E-state index in [-0.39, 0.29) is 40.8 Å². The third-order valence-electron chi connectivity index (χ3n) is 6.25. The molecule has 0 fully saturated rings. The van der Waals surface area contributed by atoms with Gasteiger partial charge in [0, 0.05) is 24.7 Å². The number of amides is 3. The van der Waals surface area contributed by atoms with Crippen LogP contribution in [0.1, 0.15) is 64.3 Å². The average Bonchev–Trinajstić information content (AvgIpc) is 2.94. The molecule has 3 amide bonds. The molecule has 42 heavy (non-hydrogen) atoms. The number of hydrogen-bond donors (Lipinski definition) is 7. The summed E-state index contributed by atoms with van der Waals surface area (Å²) in [5.41, 5.74) is 2.17. The maximum atomic E-state index is 12.8. The van der Waals surface area contributed by atoms with Crippen molar-refractivity contribution >= 4 is 41.0 Å². The third-order valence-corrected chi connectivity index (χ3v) is 6.56. The number of carboxylic acid groups (broad SMARTS) is 1. The maximum Gasteiger partial charge on any atom is 0.326 e. The quantitative estimate of drug-likeness (QED) is 0.109. The van der Waals surface area contributed by atoms with Gasteiger partial charge in [-0.05, 0) is 79.4 Å². The Morgan fingerprint density at radius 2 is 1.67 bits per heavy atom. The average molecular weight is 597 g/mol. The molecule has 0 aliphatic heterocycles. The van der Waals surface area contributed by atoms with E-state index in [2.05, 4.69) is 21.3 Å². The van der Waals surface area contributed by atoms with Gasteiger partial charge in [0.1, 0.15) is 18.0 Å². The lowest BCUT2D eigenvalue weighted by molar-refractivity contribution is -0.139. The summed E-state index contributed by atoms with van der Waals surface area (Å²) in [6.45, 7) is 1.98. The number of carboxylic acids is 1. The number of hydrogen-bond acceptors (Lipinski definition) is 7. The second kappa shape index (κ2) is 15.5. The van der Waals surface area contributed by atoms with Crippen LogP contribution < -0.4 is 21.3 Å². The lowest BCUT2D eigenvalue weighted by Gasteiger charge is -2.16. The molecule has 0 heterocycles. The first kappa shape index (κ1) is 32.1. The summed E-state index contributed by atoms with van der Waals surface area (Å²) < 4.78 is 0. The van der Waals surface area contributed by atoms with Gasteiger partial charge in [-0.1, -0.05) is 35.9 Å². The number of halogens is 1. The van der Waals surface area contributed by atoms with E-state index in [1.54, 1.807) is 36.4 Å². The van der Waals surface area contributed by atoms with E-state index in [0.29, 0.717) is 36.2 Å². The topological polar surface area (TPSA) is 177 Å². The van der Waals surface area contributed by atoms with Crippen LogP contribution in [0.2, 0.25) is 5.02 Å². The van der Waals surface area contributed by atoms with Crippen LogP contribution in [0.3, 0.4) is 0 Å². The molecule has 0 saturated carbocycles. The van der Waals surface area contributed by atoms with Gasteiger partial charge in [0.2, 0.25) is 5.91 Å². The molecule has 1 unspecified atom stereocenters. The highest BCUT2D eigenvalue weighted by Gasteiger charge is 2.22. The van der Waals surface area contributed by atoms with Gasteiger partial charge in [0.15, 0.2) is 0 Å². The van der Waals surface area contributed by atoms with Gasteiger partial charge < -0.3 is 31.3 Å². The van der Waals surface area contributed by atoms with Gasteiger partial charge >= 0.3 is 5.97 Å². The van der Waals surface area contributed by atoms with Crippen molar-refractivity contribution in [1.82, 2.24) is 16.0 Å². The van der Waals surface area contributed by atoms with Crippen LogP contribution in [0.25, 0.3) is 0 Å². The first-order chi connectivity index (χ1) is 20.0. The summed E-state index contributed by atoms with van der Waals surface area (Å²) in [4.78, 5) is 48.1. The normalized spacial score (nSPS) is 12.2. The number of aliphatic hydroxyl groups excluding tert-OH is 1. The molecule has 0 aliphatic rings. The fraction of sp³-hybridized carbons (Fsp3) is 0.267. The Labute approximate surface area is 247 Å². The molecule has 0 radical (unpaired) electrons. The van der Waals surface area contributed by atoms with E-state index < -0.39 is 30.1 Å². The van der Waals surface area contributed by atoms with E-state index in [9.17, 15) is 34.5 Å². The Balaban J connectivity index is 1.45. The molecule has 2 atom stereocenters. The molecule has 0 aliphatic carbocycles. The molecule has 0 spiro atoms. The summed E-state index contributed by atoms with van der Waals surface area (Å²) >= 11 is 6.25. The predicted octanol–water partition coefficient (Wildman–Crippen LogP) is 3.57. The first-order valence-corrected chi connectivity index (χ1v) is 13.6. The van der Waals surface area contributed by atoms with Gasteiger partial charge in [-0.3, -0.25) is 19.7 Å². The van der Waals surface area contributed by atoms with E-state index in [1.165, 1.54) is 37.3 Å². The van der Waals surface area contributed by atoms with Gasteiger partial charge in [0.25, 0.3) is 11.8 Å². The number of aliphatic hydroxyl groups is 1. The summed E-state index contributed by atoms with van der Waals surface area (Å²) in [5.74, 6) is -2.43. The maximum absolute atomic E-state index is 12.8. The smallest absolute Gasteiger partial charge is 0.326 e. The number of aromatic hydroxyl groups is 1. The fourth-order valence-corrected chi connectivity index (χ4v) is 4.33. The fourth-order valence-electron chi connectivity index (χ4n) is 4.07. The predicted molar refractivity (Wildman–Crippen MR) is 157 cm³/mol. The number of nitrogens with one attached hydrogen (secondary N) is 4. The number of aliphatic carboxylic acids is 1. The zero-order valence-electron chi connectivity index (χ0n) is 22.9. The molecule has 0 bridgehead atoms. The van der Waals surface area contributed by atoms with Crippen molar-refractivity contribution in [3.05, 3.63) is 94.0 Å². The molecule has 0 aromatic heterocycles. The largest absolute Gasteiger partial charge is 0.508 e. The van der Waals surface area contributed by atoms with E-state index in [4.69, 9.17) is 11.6 Å². The molecule has 3 aromatic rings. The molecule has 3 rings (SSSR count). The highest BCUT2D eigenvalue weighted by Crippen LogP contribution is 2.19. The van der Waals surface area contributed by atoms with Gasteiger partial charge in [0.05, 0.1) is 10.6 Å². The number of phenols is 1. The first-order valence-electron chi connectivity index (χ1n) is 13.2. The number of benzene rings is 3. The van der Waals surface area contributed by atoms with Gasteiger partial charge in [-0.15, -0.1) is 0 Å². The molecule has 11 nitrogen and oxygen atoms in total. The SMILES string of the molecule is CC(=O)Nc1ccc(C(O)NCCCC[C@H](NC(=O)c2ccc(C(=O)NCc3cccc(O)c3)cc2Cl)C(=O)O)cc1. The lowest BCUT2D eigenvalue weighted by atomic mass is 10.1. The molecule has 7 N–H and O–H groups in total. The highest BCUT2D eigenvalue weighted by atomic mass is 35.5. The third kappa shape index (κ3) is 9.88. The van der Waals surface area contributed by atoms with E-state index in [1.807, 2.05) is 0 Å². The van der Waals surface area contributed by atoms with Gasteiger partial charge in [-0.2, -0.15) is 0 Å². The number of carbonyl (C=O) groups excluding carboxylic acids is 3. The van der Waals surface area contributed by atoms with Crippen molar-refractivity contribution in [3.8, 4) is 5.75 Å². The second-order valence-corrected chi connectivity index (χ2v) is 9.97. The van der Waals surface area contributed by atoms with E-state index >= 15 is 0 Å². The number of unbranched alkanes of at least 4 members (excludes halogenated alkanes) is 1. The molecule has 0 saturated heterocycles. The lowest BCUT2D eigenvalue weighted by Crippen LogP contribution is -2.41. The summed E-state index contributed by atoms with van der Waals surface area (Å²) in [5, 5.41) is 40.2. The summed E-state index contributed by atoms with van der Waals surface area (Å²) in [6.07, 6.45) is 0.195. The zero-order chi connectivity index (χ0) is 30.6. The minimum absolute atomic E-state index is 0.00932. The van der Waals surface area contributed by atoms with Crippen LogP contribution >= 0.6 is 11.6 Å². The monoisotopic (exact) mass is 596 g/mol.